The van der Waals surface area contributed by atoms with Crippen LogP contribution >= 0.6 is 0 Å². The molecule has 0 bridgehead atoms. The van der Waals surface area contributed by atoms with Crippen LogP contribution in [-0.2, 0) is 9.53 Å². The Balaban J connectivity index is 1.28. The number of carbonyl (C=O) groups is 3. The van der Waals surface area contributed by atoms with Gasteiger partial charge < -0.3 is 19.4 Å². The van der Waals surface area contributed by atoms with E-state index in [0.29, 0.717) is 48.5 Å². The Bertz CT molecular complexity index is 1250. The number of piperidine rings is 2. The van der Waals surface area contributed by atoms with Crippen molar-refractivity contribution < 1.29 is 19.1 Å². The molecule has 3 atom stereocenters. The third-order valence-corrected chi connectivity index (χ3v) is 9.00. The lowest BCUT2D eigenvalue weighted by Gasteiger charge is -2.46. The van der Waals surface area contributed by atoms with Crippen LogP contribution < -0.4 is 4.90 Å². The molecule has 8 nitrogen and oxygen atoms in total. The molecule has 0 spiro atoms. The van der Waals surface area contributed by atoms with Crippen LogP contribution in [-0.4, -0.2) is 84.9 Å². The van der Waals surface area contributed by atoms with E-state index in [2.05, 4.69) is 4.90 Å². The number of hydrogen-bond acceptors (Lipinski definition) is 5. The lowest BCUT2D eigenvalue weighted by Crippen LogP contribution is -2.54. The molecule has 0 N–H and O–H groups in total. The lowest BCUT2D eigenvalue weighted by atomic mass is 9.83. The van der Waals surface area contributed by atoms with Crippen molar-refractivity contribution in [3.05, 3.63) is 65.2 Å². The van der Waals surface area contributed by atoms with E-state index >= 15 is 0 Å². The van der Waals surface area contributed by atoms with Gasteiger partial charge in [0.05, 0.1) is 11.3 Å². The summed E-state index contributed by atoms with van der Waals surface area (Å²) in [6.07, 6.45) is 6.13. The second-order valence-electron chi connectivity index (χ2n) is 11.3. The highest BCUT2D eigenvalue weighted by Crippen LogP contribution is 2.45. The monoisotopic (exact) mass is 530 g/mol. The Morgan fingerprint density at radius 3 is 2.56 bits per heavy atom. The van der Waals surface area contributed by atoms with Crippen molar-refractivity contribution in [1.82, 2.24) is 14.7 Å². The van der Waals surface area contributed by atoms with E-state index in [4.69, 9.17) is 4.74 Å². The maximum Gasteiger partial charge on any atom is 0.260 e. The Morgan fingerprint density at radius 2 is 1.72 bits per heavy atom. The molecule has 6 rings (SSSR count). The lowest BCUT2D eigenvalue weighted by molar-refractivity contribution is -0.134. The van der Waals surface area contributed by atoms with Gasteiger partial charge in [-0.25, -0.2) is 0 Å². The van der Waals surface area contributed by atoms with Crippen molar-refractivity contribution in [3.63, 3.8) is 0 Å². The average molecular weight is 531 g/mol. The standard InChI is InChI=1S/C31H38N4O4/c1-39-19-9-18-33(20-22-10-8-17-32-16-7-6-14-26(22)32)28(36)21-34-29-23-11-2-3-12-24(23)31(38)35(29)27-15-5-4-13-25(27)30(34)37/h2-5,11-13,15,22,26,29H,6-10,14,16-21H2,1H3/t22-,26+,29+/m0/s1. The van der Waals surface area contributed by atoms with Gasteiger partial charge in [-0.2, -0.15) is 0 Å². The first-order chi connectivity index (χ1) is 19.1. The van der Waals surface area contributed by atoms with E-state index < -0.39 is 6.17 Å². The Hall–Kier alpha value is -3.23. The fraction of sp³-hybridized carbons (Fsp3) is 0.516. The SMILES string of the molecule is COCCCN(C[C@@H]1CCCN2CCCC[C@H]12)C(=O)CN1C(=O)c2ccccc2N2C(=O)c3ccccc3[C@H]12. The zero-order valence-electron chi connectivity index (χ0n) is 22.8. The predicted octanol–water partition coefficient (Wildman–Crippen LogP) is 3.93. The minimum absolute atomic E-state index is 0.0654. The van der Waals surface area contributed by atoms with Crippen LogP contribution in [0.2, 0.25) is 0 Å². The molecule has 2 aromatic carbocycles. The number of carbonyl (C=O) groups excluding carboxylic acids is 3. The number of hydrogen-bond donors (Lipinski definition) is 0. The summed E-state index contributed by atoms with van der Waals surface area (Å²) in [5, 5.41) is 0. The van der Waals surface area contributed by atoms with Gasteiger partial charge in [-0.1, -0.05) is 36.8 Å². The molecule has 2 aromatic rings. The highest BCUT2D eigenvalue weighted by atomic mass is 16.5. The summed E-state index contributed by atoms with van der Waals surface area (Å²) in [6, 6.07) is 15.2. The molecular formula is C31H38N4O4. The second kappa shape index (κ2) is 11.1. The van der Waals surface area contributed by atoms with Crippen LogP contribution in [0.3, 0.4) is 0 Å². The van der Waals surface area contributed by atoms with Crippen molar-refractivity contribution in [2.75, 3.05) is 51.3 Å². The van der Waals surface area contributed by atoms with E-state index in [0.717, 1.165) is 31.5 Å². The third-order valence-electron chi connectivity index (χ3n) is 9.00. The Morgan fingerprint density at radius 1 is 0.949 bits per heavy atom. The molecule has 4 aliphatic heterocycles. The number of anilines is 1. The smallest absolute Gasteiger partial charge is 0.260 e. The normalized spacial score (nSPS) is 24.2. The molecule has 2 fully saturated rings. The number of fused-ring (bicyclic) bond motifs is 6. The third kappa shape index (κ3) is 4.74. The predicted molar refractivity (Wildman–Crippen MR) is 148 cm³/mol. The molecule has 0 radical (unpaired) electrons. The Labute approximate surface area is 230 Å². The number of methoxy groups -OCH3 is 1. The molecule has 4 heterocycles. The van der Waals surface area contributed by atoms with Crippen molar-refractivity contribution in [2.45, 2.75) is 50.7 Å². The van der Waals surface area contributed by atoms with E-state index in [1.165, 1.54) is 25.7 Å². The van der Waals surface area contributed by atoms with Crippen LogP contribution in [0.15, 0.2) is 48.5 Å². The van der Waals surface area contributed by atoms with Gasteiger partial charge in [-0.3, -0.25) is 19.3 Å². The number of nitrogens with zero attached hydrogens (tertiary/aromatic N) is 4. The summed E-state index contributed by atoms with van der Waals surface area (Å²) in [7, 11) is 1.68. The minimum atomic E-state index is -0.621. The van der Waals surface area contributed by atoms with Gasteiger partial charge in [0.25, 0.3) is 11.8 Å². The highest BCUT2D eigenvalue weighted by Gasteiger charge is 2.48. The molecule has 206 valence electrons. The summed E-state index contributed by atoms with van der Waals surface area (Å²) in [4.78, 5) is 49.3. The van der Waals surface area contributed by atoms with Crippen LogP contribution in [0.4, 0.5) is 5.69 Å². The zero-order valence-corrected chi connectivity index (χ0v) is 22.8. The van der Waals surface area contributed by atoms with Crippen LogP contribution in [0.5, 0.6) is 0 Å². The van der Waals surface area contributed by atoms with E-state index in [-0.39, 0.29) is 24.3 Å². The first kappa shape index (κ1) is 26.0. The summed E-state index contributed by atoms with van der Waals surface area (Å²) >= 11 is 0. The van der Waals surface area contributed by atoms with Crippen LogP contribution in [0.1, 0.15) is 71.0 Å². The number of para-hydroxylation sites is 1. The molecule has 8 heteroatoms. The first-order valence-corrected chi connectivity index (χ1v) is 14.4. The highest BCUT2D eigenvalue weighted by molar-refractivity contribution is 6.17. The maximum atomic E-state index is 14.1. The van der Waals surface area contributed by atoms with Crippen LogP contribution in [0.25, 0.3) is 0 Å². The van der Waals surface area contributed by atoms with Crippen molar-refractivity contribution in [1.29, 1.82) is 0 Å². The van der Waals surface area contributed by atoms with E-state index in [9.17, 15) is 14.4 Å². The fourth-order valence-electron chi connectivity index (χ4n) is 7.17. The molecule has 0 unspecified atom stereocenters. The average Bonchev–Trinajstić information content (AvgIpc) is 3.27. The zero-order chi connectivity index (χ0) is 26.9. The van der Waals surface area contributed by atoms with Crippen molar-refractivity contribution >= 4 is 23.4 Å². The molecule has 2 saturated heterocycles. The van der Waals surface area contributed by atoms with Gasteiger partial charge in [-0.15, -0.1) is 0 Å². The molecule has 0 saturated carbocycles. The fourth-order valence-corrected chi connectivity index (χ4v) is 7.17. The summed E-state index contributed by atoms with van der Waals surface area (Å²) in [5.41, 5.74) is 2.42. The van der Waals surface area contributed by atoms with Gasteiger partial charge >= 0.3 is 0 Å². The molecule has 4 aliphatic rings. The van der Waals surface area contributed by atoms with Crippen LogP contribution in [0, 0.1) is 5.92 Å². The number of rotatable bonds is 8. The van der Waals surface area contributed by atoms with Gasteiger partial charge in [0.15, 0.2) is 0 Å². The maximum absolute atomic E-state index is 14.1. The summed E-state index contributed by atoms with van der Waals surface area (Å²) in [6.45, 7) is 4.13. The number of benzene rings is 2. The van der Waals surface area contributed by atoms with E-state index in [1.807, 2.05) is 35.2 Å². The largest absolute Gasteiger partial charge is 0.385 e. The summed E-state index contributed by atoms with van der Waals surface area (Å²) < 4.78 is 5.31. The molecular weight excluding hydrogens is 492 g/mol. The van der Waals surface area contributed by atoms with Crippen molar-refractivity contribution in [2.24, 2.45) is 5.92 Å². The molecule has 0 aromatic heterocycles. The topological polar surface area (TPSA) is 73.4 Å². The number of ether oxygens (including phenoxy) is 1. The molecule has 3 amide bonds. The van der Waals surface area contributed by atoms with Gasteiger partial charge in [0.2, 0.25) is 5.91 Å². The second-order valence-corrected chi connectivity index (χ2v) is 11.3. The van der Waals surface area contributed by atoms with Gasteiger partial charge in [-0.05, 0) is 69.3 Å². The summed E-state index contributed by atoms with van der Waals surface area (Å²) in [5.74, 6) is 0.0272. The first-order valence-electron chi connectivity index (χ1n) is 14.4. The molecule has 39 heavy (non-hydrogen) atoms. The van der Waals surface area contributed by atoms with Gasteiger partial charge in [0, 0.05) is 44.0 Å². The molecule has 0 aliphatic carbocycles. The number of amides is 3. The van der Waals surface area contributed by atoms with Crippen molar-refractivity contribution in [3.8, 4) is 0 Å². The Kier molecular flexibility index (Phi) is 7.40. The van der Waals surface area contributed by atoms with E-state index in [1.54, 1.807) is 35.1 Å². The minimum Gasteiger partial charge on any atom is -0.385 e. The quantitative estimate of drug-likeness (QED) is 0.484. The van der Waals surface area contributed by atoms with Gasteiger partial charge in [0.1, 0.15) is 12.7 Å².